The fourth-order valence-corrected chi connectivity index (χ4v) is 0.830. The fraction of sp³-hybridized carbons (Fsp3) is 0.900. The number of hydrogen-bond donors (Lipinski definition) is 0. The summed E-state index contributed by atoms with van der Waals surface area (Å²) >= 11 is 0. The Morgan fingerprint density at radius 2 is 1.88 bits per heavy atom. The van der Waals surface area contributed by atoms with Crippen LogP contribution >= 0.6 is 0 Å². The predicted octanol–water partition coefficient (Wildman–Crippen LogP) is 2.17. The van der Waals surface area contributed by atoms with Gasteiger partial charge in [0.25, 0.3) is 5.09 Å². The van der Waals surface area contributed by atoms with Gasteiger partial charge >= 0.3 is 6.16 Å². The van der Waals surface area contributed by atoms with E-state index in [1.807, 2.05) is 13.8 Å². The summed E-state index contributed by atoms with van der Waals surface area (Å²) in [5.41, 5.74) is 0. The summed E-state index contributed by atoms with van der Waals surface area (Å²) in [6, 6.07) is 0. The summed E-state index contributed by atoms with van der Waals surface area (Å²) in [6.07, 6.45) is -1.36. The molecule has 0 aromatic heterocycles. The Bertz CT molecular complexity index is 255. The molecule has 100 valence electrons. The Morgan fingerprint density at radius 3 is 2.35 bits per heavy atom. The smallest absolute Gasteiger partial charge is 0.434 e. The fourth-order valence-electron chi connectivity index (χ4n) is 0.830. The molecular weight excluding hydrogens is 230 g/mol. The van der Waals surface area contributed by atoms with Crippen LogP contribution in [0.15, 0.2) is 0 Å². The summed E-state index contributed by atoms with van der Waals surface area (Å²) in [4.78, 5) is 25.4. The molecule has 0 rings (SSSR count). The molecule has 0 fully saturated rings. The second-order valence-electron chi connectivity index (χ2n) is 4.09. The Kier molecular flexibility index (Phi) is 7.00. The van der Waals surface area contributed by atoms with Gasteiger partial charge in [0, 0.05) is 6.42 Å². The monoisotopic (exact) mass is 249 g/mol. The molecule has 0 saturated carbocycles. The van der Waals surface area contributed by atoms with Crippen molar-refractivity contribution in [1.82, 2.24) is 0 Å². The minimum atomic E-state index is -0.871. The molecule has 17 heavy (non-hydrogen) atoms. The maximum absolute atomic E-state index is 11.1. The van der Waals surface area contributed by atoms with Gasteiger partial charge in [0.2, 0.25) is 0 Å². The second-order valence-corrected chi connectivity index (χ2v) is 4.09. The lowest BCUT2D eigenvalue weighted by atomic mass is 10.1. The van der Waals surface area contributed by atoms with Crippen LogP contribution in [-0.4, -0.2) is 30.1 Å². The molecule has 0 aliphatic carbocycles. The second kappa shape index (κ2) is 7.70. The first-order chi connectivity index (χ1) is 7.82. The van der Waals surface area contributed by atoms with Crippen LogP contribution in [0.25, 0.3) is 0 Å². The highest BCUT2D eigenvalue weighted by Gasteiger charge is 2.14. The van der Waals surface area contributed by atoms with E-state index in [0.717, 1.165) is 0 Å². The third-order valence-electron chi connectivity index (χ3n) is 2.23. The van der Waals surface area contributed by atoms with E-state index in [1.54, 1.807) is 6.92 Å². The minimum Gasteiger partial charge on any atom is -0.434 e. The number of ether oxygens (including phenoxy) is 2. The molecule has 0 radical (unpaired) electrons. The van der Waals surface area contributed by atoms with Crippen LogP contribution in [0.3, 0.4) is 0 Å². The van der Waals surface area contributed by atoms with Gasteiger partial charge in [-0.2, -0.15) is 0 Å². The van der Waals surface area contributed by atoms with Gasteiger partial charge in [-0.25, -0.2) is 4.79 Å². The van der Waals surface area contributed by atoms with E-state index in [0.29, 0.717) is 0 Å². The Balaban J connectivity index is 3.67. The largest absolute Gasteiger partial charge is 0.508 e. The third kappa shape index (κ3) is 8.29. The molecule has 1 unspecified atom stereocenters. The maximum atomic E-state index is 11.1. The van der Waals surface area contributed by atoms with Crippen LogP contribution in [0.5, 0.6) is 0 Å². The summed E-state index contributed by atoms with van der Waals surface area (Å²) < 4.78 is 9.69. The van der Waals surface area contributed by atoms with Gasteiger partial charge in [0.15, 0.2) is 0 Å². The Hall–Kier alpha value is -1.53. The first-order valence-electron chi connectivity index (χ1n) is 5.47. The SMILES string of the molecule is CC(C)C(C)OC(=O)OCC[C@@H](C)O[N+](=O)[O-]. The van der Waals surface area contributed by atoms with Crippen molar-refractivity contribution in [3.8, 4) is 0 Å². The zero-order chi connectivity index (χ0) is 13.4. The minimum absolute atomic E-state index is 0.0264. The van der Waals surface area contributed by atoms with Gasteiger partial charge in [-0.15, -0.1) is 10.1 Å². The van der Waals surface area contributed by atoms with Gasteiger partial charge in [-0.1, -0.05) is 13.8 Å². The molecule has 0 heterocycles. The van der Waals surface area contributed by atoms with Crippen molar-refractivity contribution in [1.29, 1.82) is 0 Å². The van der Waals surface area contributed by atoms with Crippen molar-refractivity contribution in [2.75, 3.05) is 6.61 Å². The molecule has 2 atom stereocenters. The zero-order valence-electron chi connectivity index (χ0n) is 10.5. The van der Waals surface area contributed by atoms with Crippen LogP contribution in [0.1, 0.15) is 34.1 Å². The third-order valence-corrected chi connectivity index (χ3v) is 2.23. The summed E-state index contributed by atoms with van der Waals surface area (Å²) in [7, 11) is 0. The summed E-state index contributed by atoms with van der Waals surface area (Å²) in [5, 5.41) is 9.11. The van der Waals surface area contributed by atoms with Gasteiger partial charge < -0.3 is 14.3 Å². The van der Waals surface area contributed by atoms with Crippen molar-refractivity contribution in [3.05, 3.63) is 10.1 Å². The van der Waals surface area contributed by atoms with E-state index in [2.05, 4.69) is 4.84 Å². The lowest BCUT2D eigenvalue weighted by Gasteiger charge is -2.16. The van der Waals surface area contributed by atoms with Crippen molar-refractivity contribution < 1.29 is 24.2 Å². The van der Waals surface area contributed by atoms with Crippen LogP contribution in [0.2, 0.25) is 0 Å². The average molecular weight is 249 g/mol. The van der Waals surface area contributed by atoms with Crippen molar-refractivity contribution in [3.63, 3.8) is 0 Å². The average Bonchev–Trinajstić information content (AvgIpc) is 2.15. The van der Waals surface area contributed by atoms with Gasteiger partial charge in [-0.3, -0.25) is 0 Å². The van der Waals surface area contributed by atoms with Crippen LogP contribution in [0, 0.1) is 16.0 Å². The van der Waals surface area contributed by atoms with Gasteiger partial charge in [-0.05, 0) is 19.8 Å². The molecule has 0 aromatic rings. The van der Waals surface area contributed by atoms with E-state index in [9.17, 15) is 14.9 Å². The van der Waals surface area contributed by atoms with Crippen molar-refractivity contribution >= 4 is 6.16 Å². The highest BCUT2D eigenvalue weighted by atomic mass is 17.0. The van der Waals surface area contributed by atoms with Crippen LogP contribution < -0.4 is 0 Å². The van der Waals surface area contributed by atoms with E-state index >= 15 is 0 Å². The molecule has 7 heteroatoms. The number of carbonyl (C=O) groups excluding carboxylic acids is 1. The highest BCUT2D eigenvalue weighted by Crippen LogP contribution is 2.07. The number of hydrogen-bond acceptors (Lipinski definition) is 6. The normalized spacial score (nSPS) is 13.9. The maximum Gasteiger partial charge on any atom is 0.508 e. The standard InChI is InChI=1S/C10H19NO6/c1-7(2)9(4)16-10(12)15-6-5-8(3)17-11(13)14/h7-9H,5-6H2,1-4H3/t8-,9?/m1/s1. The van der Waals surface area contributed by atoms with Gasteiger partial charge in [0.05, 0.1) is 6.61 Å². The quantitative estimate of drug-likeness (QED) is 0.390. The molecule has 0 bridgehead atoms. The van der Waals surface area contributed by atoms with Crippen LogP contribution in [-0.2, 0) is 14.3 Å². The highest BCUT2D eigenvalue weighted by molar-refractivity contribution is 5.60. The molecule has 0 aromatic carbocycles. The van der Waals surface area contributed by atoms with Crippen LogP contribution in [0.4, 0.5) is 4.79 Å². The summed E-state index contributed by atoms with van der Waals surface area (Å²) in [6.45, 7) is 7.16. The number of nitrogens with zero attached hydrogens (tertiary/aromatic N) is 1. The molecule has 0 amide bonds. The molecule has 0 spiro atoms. The Morgan fingerprint density at radius 1 is 1.29 bits per heavy atom. The topological polar surface area (TPSA) is 87.9 Å². The van der Waals surface area contributed by atoms with E-state index in [1.165, 1.54) is 6.92 Å². The first kappa shape index (κ1) is 15.5. The predicted molar refractivity (Wildman–Crippen MR) is 58.9 cm³/mol. The Labute approximate surface area is 100 Å². The molecule has 0 aliphatic heterocycles. The number of rotatable bonds is 7. The zero-order valence-corrected chi connectivity index (χ0v) is 10.5. The van der Waals surface area contributed by atoms with E-state index in [-0.39, 0.29) is 25.0 Å². The lowest BCUT2D eigenvalue weighted by molar-refractivity contribution is -0.767. The number of carbonyl (C=O) groups is 1. The van der Waals surface area contributed by atoms with E-state index < -0.39 is 17.3 Å². The van der Waals surface area contributed by atoms with E-state index in [4.69, 9.17) is 9.47 Å². The first-order valence-corrected chi connectivity index (χ1v) is 5.47. The molecule has 7 nitrogen and oxygen atoms in total. The summed E-state index contributed by atoms with van der Waals surface area (Å²) in [5.74, 6) is 0.208. The molecule has 0 N–H and O–H groups in total. The molecule has 0 saturated heterocycles. The molecular formula is C10H19NO6. The van der Waals surface area contributed by atoms with Crippen molar-refractivity contribution in [2.45, 2.75) is 46.3 Å². The molecule has 0 aliphatic rings. The lowest BCUT2D eigenvalue weighted by Crippen LogP contribution is -2.22. The van der Waals surface area contributed by atoms with Crippen molar-refractivity contribution in [2.24, 2.45) is 5.92 Å². The van der Waals surface area contributed by atoms with Gasteiger partial charge in [0.1, 0.15) is 12.2 Å².